The van der Waals surface area contributed by atoms with E-state index >= 15 is 0 Å². The van der Waals surface area contributed by atoms with Gasteiger partial charge < -0.3 is 30.7 Å². The van der Waals surface area contributed by atoms with Crippen LogP contribution >= 0.6 is 11.6 Å². The van der Waals surface area contributed by atoms with Crippen LogP contribution in [0.25, 0.3) is 10.8 Å². The molecule has 4 rings (SSSR count). The Morgan fingerprint density at radius 3 is 2.39 bits per heavy atom. The van der Waals surface area contributed by atoms with Gasteiger partial charge in [-0.05, 0) is 59.4 Å². The highest BCUT2D eigenvalue weighted by atomic mass is 35.5. The molecule has 1 aliphatic heterocycles. The molecule has 264 valence electrons. The van der Waals surface area contributed by atoms with E-state index in [2.05, 4.69) is 10.0 Å². The number of guanidine groups is 1. The first-order chi connectivity index (χ1) is 23.2. The van der Waals surface area contributed by atoms with Gasteiger partial charge in [0.05, 0.1) is 18.4 Å². The van der Waals surface area contributed by atoms with Gasteiger partial charge in [0.1, 0.15) is 12.6 Å². The fourth-order valence-corrected chi connectivity index (χ4v) is 6.55. The topological polar surface area (TPSA) is 212 Å². The summed E-state index contributed by atoms with van der Waals surface area (Å²) in [6.07, 6.45) is 1.10. The summed E-state index contributed by atoms with van der Waals surface area (Å²) in [4.78, 5) is 51.3. The van der Waals surface area contributed by atoms with Crippen molar-refractivity contribution in [2.45, 2.75) is 43.7 Å². The number of piperidine rings is 1. The van der Waals surface area contributed by atoms with E-state index in [-0.39, 0.29) is 29.9 Å². The minimum absolute atomic E-state index is 0.0239. The van der Waals surface area contributed by atoms with Gasteiger partial charge in [0.2, 0.25) is 21.8 Å². The van der Waals surface area contributed by atoms with E-state index in [1.165, 1.54) is 19.2 Å². The number of hydrogen-bond donors (Lipinski definition) is 5. The monoisotopic (exact) mass is 716 g/mol. The highest BCUT2D eigenvalue weighted by Crippen LogP contribution is 2.21. The molecule has 0 radical (unpaired) electrons. The molecule has 3 aromatic rings. The van der Waals surface area contributed by atoms with Crippen molar-refractivity contribution in [2.24, 2.45) is 11.7 Å². The van der Waals surface area contributed by atoms with Crippen LogP contribution in [0.15, 0.2) is 71.6 Å². The molecule has 0 saturated carbocycles. The largest absolute Gasteiger partial charge is 0.481 e. The lowest BCUT2D eigenvalue weighted by Crippen LogP contribution is -2.52. The number of fused-ring (bicyclic) bond motifs is 1. The molecule has 16 heteroatoms. The van der Waals surface area contributed by atoms with E-state index in [9.17, 15) is 22.8 Å². The molecule has 2 atom stereocenters. The lowest BCUT2D eigenvalue weighted by Gasteiger charge is -2.33. The molecule has 6 N–H and O–H groups in total. The number of likely N-dealkylation sites (tertiary alicyclic amines) is 1. The van der Waals surface area contributed by atoms with Crippen molar-refractivity contribution < 1.29 is 37.4 Å². The maximum absolute atomic E-state index is 14.0. The molecular formula is C33H41ClN6O8S. The van der Waals surface area contributed by atoms with Gasteiger partial charge in [0.15, 0.2) is 5.96 Å². The minimum Gasteiger partial charge on any atom is -0.481 e. The van der Waals surface area contributed by atoms with E-state index in [4.69, 9.17) is 37.4 Å². The summed E-state index contributed by atoms with van der Waals surface area (Å²) in [7, 11) is -3.12. The van der Waals surface area contributed by atoms with Crippen molar-refractivity contribution in [2.75, 3.05) is 33.3 Å². The number of nitrogens with two attached hydrogens (primary N) is 1. The molecule has 49 heavy (non-hydrogen) atoms. The number of carboxylic acids is 1. The van der Waals surface area contributed by atoms with E-state index in [0.717, 1.165) is 30.1 Å². The Balaban J connectivity index is 0.00000154. The van der Waals surface area contributed by atoms with Crippen molar-refractivity contribution in [3.05, 3.63) is 77.3 Å². The first kappa shape index (κ1) is 38.7. The van der Waals surface area contributed by atoms with E-state index in [1.807, 2.05) is 12.1 Å². The van der Waals surface area contributed by atoms with Crippen LogP contribution in [0.1, 0.15) is 31.7 Å². The molecule has 0 spiro atoms. The fourth-order valence-electron chi connectivity index (χ4n) is 5.20. The zero-order valence-corrected chi connectivity index (χ0v) is 28.8. The van der Waals surface area contributed by atoms with Gasteiger partial charge in [-0.15, -0.1) is 0 Å². The van der Waals surface area contributed by atoms with Crippen LogP contribution < -0.4 is 15.8 Å². The molecule has 0 aliphatic carbocycles. The molecule has 1 heterocycles. The van der Waals surface area contributed by atoms with Crippen molar-refractivity contribution >= 4 is 62.1 Å². The Hall–Kier alpha value is -4.73. The molecule has 3 aromatic carbocycles. The second kappa shape index (κ2) is 18.1. The Labute approximate surface area is 290 Å². The third-order valence-electron chi connectivity index (χ3n) is 7.61. The van der Waals surface area contributed by atoms with Gasteiger partial charge in [-0.25, -0.2) is 8.42 Å². The number of carbonyl (C=O) groups excluding carboxylic acids is 3. The van der Waals surface area contributed by atoms with Gasteiger partial charge in [-0.1, -0.05) is 54.1 Å². The average Bonchev–Trinajstić information content (AvgIpc) is 3.06. The highest BCUT2D eigenvalue weighted by Gasteiger charge is 2.33. The predicted molar refractivity (Wildman–Crippen MR) is 184 cm³/mol. The lowest BCUT2D eigenvalue weighted by molar-refractivity contribution is -0.148. The van der Waals surface area contributed by atoms with Crippen molar-refractivity contribution in [1.29, 1.82) is 5.41 Å². The smallest absolute Gasteiger partial charge is 0.325 e. The fraction of sp³-hybridized carbons (Fsp3) is 0.364. The second-order valence-corrected chi connectivity index (χ2v) is 13.6. The van der Waals surface area contributed by atoms with Crippen LogP contribution in [0, 0.1) is 11.3 Å². The molecule has 14 nitrogen and oxygen atoms in total. The molecule has 0 aromatic heterocycles. The number of benzene rings is 3. The zero-order chi connectivity index (χ0) is 36.1. The number of methoxy groups -OCH3 is 1. The van der Waals surface area contributed by atoms with Crippen molar-refractivity contribution in [3.8, 4) is 0 Å². The first-order valence-electron chi connectivity index (χ1n) is 15.3. The maximum Gasteiger partial charge on any atom is 0.325 e. The van der Waals surface area contributed by atoms with E-state index in [0.29, 0.717) is 29.1 Å². The number of amides is 2. The molecule has 0 bridgehead atoms. The Morgan fingerprint density at radius 2 is 1.76 bits per heavy atom. The van der Waals surface area contributed by atoms with Crippen molar-refractivity contribution in [3.63, 3.8) is 0 Å². The summed E-state index contributed by atoms with van der Waals surface area (Å²) in [5, 5.41) is 19.9. The third-order valence-corrected chi connectivity index (χ3v) is 9.33. The number of rotatable bonds is 12. The summed E-state index contributed by atoms with van der Waals surface area (Å²) in [6.45, 7) is 1.97. The van der Waals surface area contributed by atoms with Gasteiger partial charge in [-0.2, -0.15) is 4.72 Å². The predicted octanol–water partition coefficient (Wildman–Crippen LogP) is 2.54. The Kier molecular flexibility index (Phi) is 14.3. The van der Waals surface area contributed by atoms with Gasteiger partial charge in [0.25, 0.3) is 5.97 Å². The Bertz CT molecular complexity index is 1750. The summed E-state index contributed by atoms with van der Waals surface area (Å²) >= 11 is 6.01. The quantitative estimate of drug-likeness (QED) is 0.105. The number of ether oxygens (including phenoxy) is 1. The van der Waals surface area contributed by atoms with Crippen LogP contribution in [-0.2, 0) is 40.5 Å². The summed E-state index contributed by atoms with van der Waals surface area (Å²) in [5.41, 5.74) is 6.26. The van der Waals surface area contributed by atoms with Crippen molar-refractivity contribution in [1.82, 2.24) is 19.8 Å². The summed E-state index contributed by atoms with van der Waals surface area (Å²) in [6, 6.07) is 16.9. The number of esters is 1. The van der Waals surface area contributed by atoms with Gasteiger partial charge >= 0.3 is 5.97 Å². The van der Waals surface area contributed by atoms with E-state index in [1.54, 1.807) is 47.4 Å². The number of hydrogen-bond acceptors (Lipinski definition) is 8. The van der Waals surface area contributed by atoms with Crippen LogP contribution in [0.5, 0.6) is 0 Å². The number of carbonyl (C=O) groups is 4. The standard InChI is InChI=1S/C31H37ClN6O6S.C2H4O2/c1-44-29(40)20-38(18-21-8-11-25(32)12-9-21)30(41)27(16-28(39)35-17-22-5-4-14-37(19-22)31(33)34)36-45(42,43)26-13-10-23-6-2-3-7-24(23)15-26;1-2(3)4/h2-3,6-13,15,22,27,36H,4-5,14,16-20H2,1H3,(H3,33,34)(H,35,39);1H3,(H,3,4)/t22-,27-;/m0./s1. The lowest BCUT2D eigenvalue weighted by atomic mass is 9.98. The van der Waals surface area contributed by atoms with Gasteiger partial charge in [-0.3, -0.25) is 24.6 Å². The summed E-state index contributed by atoms with van der Waals surface area (Å²) < 4.78 is 34.5. The number of aliphatic carboxylic acids is 1. The van der Waals surface area contributed by atoms with Crippen LogP contribution in [0.2, 0.25) is 5.02 Å². The molecule has 1 saturated heterocycles. The van der Waals surface area contributed by atoms with Crippen LogP contribution in [0.3, 0.4) is 0 Å². The second-order valence-electron chi connectivity index (χ2n) is 11.4. The molecule has 0 unspecified atom stereocenters. The third kappa shape index (κ3) is 12.3. The minimum atomic E-state index is -4.30. The molecular weight excluding hydrogens is 676 g/mol. The number of carboxylic acid groups (broad SMARTS) is 1. The summed E-state index contributed by atoms with van der Waals surface area (Å²) in [5.74, 6) is -2.90. The number of nitrogens with one attached hydrogen (secondary N) is 3. The van der Waals surface area contributed by atoms with E-state index < -0.39 is 52.8 Å². The molecule has 2 amide bonds. The number of sulfonamides is 1. The van der Waals surface area contributed by atoms with Crippen LogP contribution in [0.4, 0.5) is 0 Å². The SMILES string of the molecule is CC(=O)O.COC(=O)CN(Cc1ccc(Cl)cc1)C(=O)[C@H](CC(=O)NC[C@@H]1CCCN(C(=N)N)C1)NS(=O)(=O)c1ccc2ccccc2c1. The Morgan fingerprint density at radius 1 is 1.10 bits per heavy atom. The first-order valence-corrected chi connectivity index (χ1v) is 17.2. The zero-order valence-electron chi connectivity index (χ0n) is 27.2. The highest BCUT2D eigenvalue weighted by molar-refractivity contribution is 7.89. The normalized spacial score (nSPS) is 14.9. The molecule has 1 fully saturated rings. The maximum atomic E-state index is 14.0. The number of nitrogens with zero attached hydrogens (tertiary/aromatic N) is 2. The van der Waals surface area contributed by atoms with Gasteiger partial charge in [0, 0.05) is 38.1 Å². The molecule has 1 aliphatic rings. The number of halogens is 1. The average molecular weight is 717 g/mol. The van der Waals surface area contributed by atoms with Crippen LogP contribution in [-0.4, -0.2) is 92.4 Å².